The molecule has 2 nitrogen and oxygen atoms in total. The van der Waals surface area contributed by atoms with Crippen molar-refractivity contribution in [2.45, 2.75) is 0 Å². The van der Waals surface area contributed by atoms with Crippen LogP contribution in [0.2, 0.25) is 0 Å². The van der Waals surface area contributed by atoms with E-state index in [9.17, 15) is 8.78 Å². The standard InChI is InChI=1S/C17H13F2NO/c1-10(14-5-3-12(18)9-15(14)19)17-8-11-7-13(21-2)4-6-16(11)20-17/h3-9,20H,1H2,2H3. The molecular weight excluding hydrogens is 272 g/mol. The average Bonchev–Trinajstić information content (AvgIpc) is 2.89. The van der Waals surface area contributed by atoms with Crippen molar-refractivity contribution in [1.29, 1.82) is 0 Å². The Hall–Kier alpha value is -2.62. The molecule has 3 aromatic rings. The van der Waals surface area contributed by atoms with Gasteiger partial charge in [-0.05, 0) is 36.4 Å². The Labute approximate surface area is 120 Å². The van der Waals surface area contributed by atoms with Crippen LogP contribution in [0.1, 0.15) is 11.3 Å². The molecule has 21 heavy (non-hydrogen) atoms. The Balaban J connectivity index is 2.05. The number of nitrogens with one attached hydrogen (secondary N) is 1. The lowest BCUT2D eigenvalue weighted by Crippen LogP contribution is -1.92. The number of hydrogen-bond donors (Lipinski definition) is 1. The van der Waals surface area contributed by atoms with E-state index in [-0.39, 0.29) is 5.56 Å². The van der Waals surface area contributed by atoms with Gasteiger partial charge in [-0.1, -0.05) is 6.58 Å². The van der Waals surface area contributed by atoms with Crippen LogP contribution in [-0.2, 0) is 0 Å². The van der Waals surface area contributed by atoms with Crippen LogP contribution in [0.25, 0.3) is 16.5 Å². The Kier molecular flexibility index (Phi) is 3.22. The second-order valence-corrected chi connectivity index (χ2v) is 4.74. The normalized spacial score (nSPS) is 10.8. The summed E-state index contributed by atoms with van der Waals surface area (Å²) in [6, 6.07) is 10.9. The summed E-state index contributed by atoms with van der Waals surface area (Å²) in [6.45, 7) is 3.90. The molecule has 0 amide bonds. The maximum atomic E-state index is 13.8. The van der Waals surface area contributed by atoms with Crippen LogP contribution < -0.4 is 4.74 Å². The van der Waals surface area contributed by atoms with Crippen molar-refractivity contribution in [2.24, 2.45) is 0 Å². The summed E-state index contributed by atoms with van der Waals surface area (Å²) in [4.78, 5) is 3.17. The third-order valence-electron chi connectivity index (χ3n) is 3.41. The lowest BCUT2D eigenvalue weighted by molar-refractivity contribution is 0.415. The molecule has 1 heterocycles. The fourth-order valence-corrected chi connectivity index (χ4v) is 2.28. The van der Waals surface area contributed by atoms with E-state index in [0.717, 1.165) is 22.7 Å². The largest absolute Gasteiger partial charge is 0.497 e. The lowest BCUT2D eigenvalue weighted by atomic mass is 10.0. The van der Waals surface area contributed by atoms with Crippen molar-refractivity contribution >= 4 is 16.5 Å². The van der Waals surface area contributed by atoms with Crippen LogP contribution in [0.15, 0.2) is 49.0 Å². The molecule has 0 radical (unpaired) electrons. The van der Waals surface area contributed by atoms with Crippen LogP contribution in [0.3, 0.4) is 0 Å². The van der Waals surface area contributed by atoms with Crippen LogP contribution >= 0.6 is 0 Å². The second-order valence-electron chi connectivity index (χ2n) is 4.74. The Morgan fingerprint density at radius 3 is 2.62 bits per heavy atom. The highest BCUT2D eigenvalue weighted by molar-refractivity contribution is 5.88. The summed E-state index contributed by atoms with van der Waals surface area (Å²) in [5.74, 6) is -0.492. The fraction of sp³-hybridized carbons (Fsp3) is 0.0588. The van der Waals surface area contributed by atoms with Gasteiger partial charge in [-0.2, -0.15) is 0 Å². The van der Waals surface area contributed by atoms with Crippen LogP contribution in [0.4, 0.5) is 8.78 Å². The van der Waals surface area contributed by atoms with E-state index in [1.54, 1.807) is 7.11 Å². The number of benzene rings is 2. The van der Waals surface area contributed by atoms with Crippen LogP contribution in [0, 0.1) is 11.6 Å². The lowest BCUT2D eigenvalue weighted by Gasteiger charge is -2.05. The summed E-state index contributed by atoms with van der Waals surface area (Å²) >= 11 is 0. The van der Waals surface area contributed by atoms with Gasteiger partial charge in [0.2, 0.25) is 0 Å². The number of aromatic nitrogens is 1. The summed E-state index contributed by atoms with van der Waals surface area (Å²) in [6.07, 6.45) is 0. The molecule has 1 aromatic heterocycles. The predicted octanol–water partition coefficient (Wildman–Crippen LogP) is 4.52. The summed E-state index contributed by atoms with van der Waals surface area (Å²) in [5.41, 5.74) is 2.33. The zero-order valence-electron chi connectivity index (χ0n) is 11.4. The topological polar surface area (TPSA) is 25.0 Å². The molecule has 0 spiro atoms. The fourth-order valence-electron chi connectivity index (χ4n) is 2.28. The van der Waals surface area contributed by atoms with E-state index in [0.29, 0.717) is 11.3 Å². The highest BCUT2D eigenvalue weighted by atomic mass is 19.1. The number of hydrogen-bond acceptors (Lipinski definition) is 1. The number of methoxy groups -OCH3 is 1. The number of fused-ring (bicyclic) bond motifs is 1. The molecule has 3 rings (SSSR count). The summed E-state index contributed by atoms with van der Waals surface area (Å²) in [7, 11) is 1.60. The first-order valence-electron chi connectivity index (χ1n) is 6.40. The van der Waals surface area contributed by atoms with E-state index < -0.39 is 11.6 Å². The van der Waals surface area contributed by atoms with E-state index in [1.807, 2.05) is 24.3 Å². The van der Waals surface area contributed by atoms with Crippen molar-refractivity contribution in [3.8, 4) is 5.75 Å². The van der Waals surface area contributed by atoms with Gasteiger partial charge in [0.1, 0.15) is 17.4 Å². The molecule has 106 valence electrons. The third kappa shape index (κ3) is 2.40. The van der Waals surface area contributed by atoms with Crippen molar-refractivity contribution in [3.63, 3.8) is 0 Å². The SMILES string of the molecule is C=C(c1cc2cc(OC)ccc2[nH]1)c1ccc(F)cc1F. The molecule has 0 aliphatic rings. The minimum absolute atomic E-state index is 0.273. The van der Waals surface area contributed by atoms with Gasteiger partial charge in [-0.25, -0.2) is 8.78 Å². The van der Waals surface area contributed by atoms with Crippen LogP contribution in [-0.4, -0.2) is 12.1 Å². The molecular formula is C17H13F2NO. The average molecular weight is 285 g/mol. The van der Waals surface area contributed by atoms with Gasteiger partial charge in [0.15, 0.2) is 0 Å². The highest BCUT2D eigenvalue weighted by Gasteiger charge is 2.12. The number of aromatic amines is 1. The van der Waals surface area contributed by atoms with Crippen molar-refractivity contribution in [3.05, 3.63) is 71.9 Å². The Morgan fingerprint density at radius 2 is 1.90 bits per heavy atom. The Morgan fingerprint density at radius 1 is 1.10 bits per heavy atom. The second kappa shape index (κ2) is 5.05. The van der Waals surface area contributed by atoms with Crippen molar-refractivity contribution in [2.75, 3.05) is 7.11 Å². The minimum Gasteiger partial charge on any atom is -0.497 e. The molecule has 0 saturated carbocycles. The quantitative estimate of drug-likeness (QED) is 0.752. The monoisotopic (exact) mass is 285 g/mol. The zero-order valence-corrected chi connectivity index (χ0v) is 11.4. The third-order valence-corrected chi connectivity index (χ3v) is 3.41. The number of H-pyrrole nitrogens is 1. The predicted molar refractivity (Wildman–Crippen MR) is 79.3 cm³/mol. The first-order chi connectivity index (χ1) is 10.1. The minimum atomic E-state index is -0.628. The maximum absolute atomic E-state index is 13.8. The first-order valence-corrected chi connectivity index (χ1v) is 6.40. The molecule has 0 aliphatic carbocycles. The molecule has 0 atom stereocenters. The van der Waals surface area contributed by atoms with Gasteiger partial charge >= 0.3 is 0 Å². The molecule has 0 bridgehead atoms. The van der Waals surface area contributed by atoms with Gasteiger partial charge < -0.3 is 9.72 Å². The van der Waals surface area contributed by atoms with Gasteiger partial charge in [0, 0.05) is 33.8 Å². The van der Waals surface area contributed by atoms with Gasteiger partial charge in [0.05, 0.1) is 7.11 Å². The van der Waals surface area contributed by atoms with Gasteiger partial charge in [0.25, 0.3) is 0 Å². The van der Waals surface area contributed by atoms with E-state index >= 15 is 0 Å². The number of rotatable bonds is 3. The molecule has 0 saturated heterocycles. The van der Waals surface area contributed by atoms with Crippen LogP contribution in [0.5, 0.6) is 5.75 Å². The number of ether oxygens (including phenoxy) is 1. The van der Waals surface area contributed by atoms with E-state index in [4.69, 9.17) is 4.74 Å². The first kappa shape index (κ1) is 13.4. The maximum Gasteiger partial charge on any atom is 0.133 e. The highest BCUT2D eigenvalue weighted by Crippen LogP contribution is 2.28. The summed E-state index contributed by atoms with van der Waals surface area (Å²) in [5, 5.41) is 0.938. The molecule has 2 aromatic carbocycles. The molecule has 1 N–H and O–H groups in total. The molecule has 0 unspecified atom stereocenters. The Bertz CT molecular complexity index is 836. The smallest absolute Gasteiger partial charge is 0.133 e. The van der Waals surface area contributed by atoms with Gasteiger partial charge in [-0.15, -0.1) is 0 Å². The molecule has 0 fully saturated rings. The van der Waals surface area contributed by atoms with Crippen molar-refractivity contribution in [1.82, 2.24) is 4.98 Å². The van der Waals surface area contributed by atoms with E-state index in [2.05, 4.69) is 11.6 Å². The molecule has 4 heteroatoms. The van der Waals surface area contributed by atoms with Crippen molar-refractivity contribution < 1.29 is 13.5 Å². The number of halogens is 2. The molecule has 0 aliphatic heterocycles. The van der Waals surface area contributed by atoms with Gasteiger partial charge in [-0.3, -0.25) is 0 Å². The zero-order chi connectivity index (χ0) is 15.0. The van der Waals surface area contributed by atoms with E-state index in [1.165, 1.54) is 12.1 Å². The summed E-state index contributed by atoms with van der Waals surface area (Å²) < 4.78 is 32.0.